The Morgan fingerprint density at radius 1 is 1.14 bits per heavy atom. The molecule has 0 fully saturated rings. The highest BCUT2D eigenvalue weighted by molar-refractivity contribution is 6.36. The Hall–Kier alpha value is -1.53. The summed E-state index contributed by atoms with van der Waals surface area (Å²) in [5.74, 6) is 5.13. The number of nitrogens with zero attached hydrogens (tertiary/aromatic N) is 1. The van der Waals surface area contributed by atoms with Gasteiger partial charge < -0.3 is 10.7 Å². The molecule has 0 unspecified atom stereocenters. The first kappa shape index (κ1) is 15.9. The van der Waals surface area contributed by atoms with Crippen molar-refractivity contribution in [1.82, 2.24) is 4.98 Å². The van der Waals surface area contributed by atoms with E-state index in [4.69, 9.17) is 40.6 Å². The second-order valence-electron chi connectivity index (χ2n) is 4.24. The van der Waals surface area contributed by atoms with Crippen LogP contribution in [0.5, 0.6) is 0 Å². The van der Waals surface area contributed by atoms with Crippen molar-refractivity contribution < 1.29 is 4.79 Å². The van der Waals surface area contributed by atoms with Crippen LogP contribution in [0.2, 0.25) is 15.2 Å². The van der Waals surface area contributed by atoms with Crippen molar-refractivity contribution in [3.63, 3.8) is 0 Å². The fraction of sp³-hybridized carbons (Fsp3) is 0.0769. The first-order chi connectivity index (χ1) is 9.90. The molecule has 0 bridgehead atoms. The second kappa shape index (κ2) is 6.49. The molecule has 0 aliphatic rings. The number of aromatic nitrogens is 1. The molecule has 0 aliphatic heterocycles. The van der Waals surface area contributed by atoms with Crippen LogP contribution in [0.3, 0.4) is 0 Å². The van der Waals surface area contributed by atoms with Crippen LogP contribution in [0.25, 0.3) is 0 Å². The lowest BCUT2D eigenvalue weighted by molar-refractivity contribution is 0.102. The number of anilines is 2. The minimum Gasteiger partial charge on any atom is -0.321 e. The molecule has 2 aromatic rings. The maximum Gasteiger partial charge on any atom is 0.255 e. The molecule has 1 amide bonds. The summed E-state index contributed by atoms with van der Waals surface area (Å²) in [6.45, 7) is 1.82. The maximum absolute atomic E-state index is 12.2. The number of pyridine rings is 1. The van der Waals surface area contributed by atoms with E-state index < -0.39 is 5.91 Å². The van der Waals surface area contributed by atoms with Gasteiger partial charge in [0.05, 0.1) is 10.7 Å². The van der Waals surface area contributed by atoms with E-state index in [0.717, 1.165) is 5.56 Å². The zero-order valence-electron chi connectivity index (χ0n) is 10.9. The molecule has 110 valence electrons. The molecule has 8 heteroatoms. The molecule has 0 saturated heterocycles. The van der Waals surface area contributed by atoms with Gasteiger partial charge in [-0.05, 0) is 36.8 Å². The van der Waals surface area contributed by atoms with Crippen LogP contribution in [0.1, 0.15) is 15.9 Å². The highest BCUT2D eigenvalue weighted by Crippen LogP contribution is 2.29. The monoisotopic (exact) mass is 344 g/mol. The summed E-state index contributed by atoms with van der Waals surface area (Å²) >= 11 is 17.9. The van der Waals surface area contributed by atoms with Crippen molar-refractivity contribution in [2.45, 2.75) is 6.92 Å². The number of rotatable bonds is 3. The van der Waals surface area contributed by atoms with Gasteiger partial charge in [0.15, 0.2) is 0 Å². The number of nitrogens with two attached hydrogens (primary N) is 1. The first-order valence-electron chi connectivity index (χ1n) is 5.82. The molecule has 21 heavy (non-hydrogen) atoms. The van der Waals surface area contributed by atoms with Gasteiger partial charge in [-0.25, -0.2) is 10.8 Å². The van der Waals surface area contributed by atoms with E-state index in [-0.39, 0.29) is 16.5 Å². The predicted octanol–water partition coefficient (Wildman–Crippen LogP) is 3.89. The molecule has 0 atom stereocenters. The third-order valence-electron chi connectivity index (χ3n) is 2.70. The quantitative estimate of drug-likeness (QED) is 0.448. The number of carbonyl (C=O) groups is 1. The van der Waals surface area contributed by atoms with Gasteiger partial charge in [-0.1, -0.05) is 34.8 Å². The third-order valence-corrected chi connectivity index (χ3v) is 3.61. The summed E-state index contributed by atoms with van der Waals surface area (Å²) in [5.41, 5.74) is 3.85. The number of nitrogen functional groups attached to an aromatic ring is 1. The van der Waals surface area contributed by atoms with E-state index in [1.165, 1.54) is 12.1 Å². The van der Waals surface area contributed by atoms with E-state index in [9.17, 15) is 4.79 Å². The molecule has 1 heterocycles. The van der Waals surface area contributed by atoms with Crippen molar-refractivity contribution in [3.8, 4) is 0 Å². The van der Waals surface area contributed by atoms with Crippen molar-refractivity contribution in [1.29, 1.82) is 0 Å². The van der Waals surface area contributed by atoms with Crippen LogP contribution >= 0.6 is 34.8 Å². The Labute approximate surface area is 136 Å². The standard InChI is InChI=1S/C13H11Cl3N4O/c1-6-2-9(15)10(5-8(6)14)18-13(21)7-3-11(16)19-12(4-7)20-17/h2-5H,17H2,1H3,(H,18,21)(H,19,20). The normalized spacial score (nSPS) is 10.3. The third kappa shape index (κ3) is 3.77. The molecule has 0 saturated carbocycles. The summed E-state index contributed by atoms with van der Waals surface area (Å²) in [6.07, 6.45) is 0. The van der Waals surface area contributed by atoms with Gasteiger partial charge in [0.1, 0.15) is 11.0 Å². The molecular formula is C13H11Cl3N4O. The lowest BCUT2D eigenvalue weighted by Crippen LogP contribution is -2.15. The Bertz CT molecular complexity index is 706. The van der Waals surface area contributed by atoms with Gasteiger partial charge in [-0.2, -0.15) is 0 Å². The van der Waals surface area contributed by atoms with Crippen LogP contribution in [0.15, 0.2) is 24.3 Å². The largest absolute Gasteiger partial charge is 0.321 e. The summed E-state index contributed by atoms with van der Waals surface area (Å²) in [7, 11) is 0. The predicted molar refractivity (Wildman–Crippen MR) is 86.2 cm³/mol. The van der Waals surface area contributed by atoms with Crippen LogP contribution in [0.4, 0.5) is 11.5 Å². The van der Waals surface area contributed by atoms with Crippen molar-refractivity contribution in [2.24, 2.45) is 5.84 Å². The average molecular weight is 346 g/mol. The Morgan fingerprint density at radius 3 is 2.52 bits per heavy atom. The fourth-order valence-corrected chi connectivity index (χ4v) is 2.28. The smallest absolute Gasteiger partial charge is 0.255 e. The van der Waals surface area contributed by atoms with Crippen LogP contribution < -0.4 is 16.6 Å². The number of hydrogen-bond donors (Lipinski definition) is 3. The highest BCUT2D eigenvalue weighted by atomic mass is 35.5. The van der Waals surface area contributed by atoms with E-state index in [1.54, 1.807) is 12.1 Å². The number of nitrogens with one attached hydrogen (secondary N) is 2. The Balaban J connectivity index is 2.30. The van der Waals surface area contributed by atoms with Crippen LogP contribution in [0, 0.1) is 6.92 Å². The van der Waals surface area contributed by atoms with Crippen LogP contribution in [-0.2, 0) is 0 Å². The van der Waals surface area contributed by atoms with Crippen LogP contribution in [-0.4, -0.2) is 10.9 Å². The number of hydrazine groups is 1. The zero-order valence-corrected chi connectivity index (χ0v) is 13.1. The SMILES string of the molecule is Cc1cc(Cl)c(NC(=O)c2cc(Cl)nc(NN)c2)cc1Cl. The number of amides is 1. The average Bonchev–Trinajstić information content (AvgIpc) is 2.43. The summed E-state index contributed by atoms with van der Waals surface area (Å²) in [5, 5.41) is 3.70. The molecular weight excluding hydrogens is 335 g/mol. The number of benzene rings is 1. The Kier molecular flexibility index (Phi) is 4.90. The topological polar surface area (TPSA) is 80.0 Å². The summed E-state index contributed by atoms with van der Waals surface area (Å²) in [6, 6.07) is 6.14. The second-order valence-corrected chi connectivity index (χ2v) is 5.45. The van der Waals surface area contributed by atoms with Gasteiger partial charge in [0.2, 0.25) is 0 Å². The van der Waals surface area contributed by atoms with Gasteiger partial charge in [-0.15, -0.1) is 0 Å². The van der Waals surface area contributed by atoms with Gasteiger partial charge in [0.25, 0.3) is 5.91 Å². The van der Waals surface area contributed by atoms with Crippen molar-refractivity contribution in [3.05, 3.63) is 50.6 Å². The van der Waals surface area contributed by atoms with Crippen molar-refractivity contribution >= 4 is 52.2 Å². The van der Waals surface area contributed by atoms with Gasteiger partial charge >= 0.3 is 0 Å². The molecule has 0 radical (unpaired) electrons. The zero-order chi connectivity index (χ0) is 15.6. The number of hydrogen-bond acceptors (Lipinski definition) is 4. The molecule has 1 aromatic heterocycles. The molecule has 2 rings (SSSR count). The fourth-order valence-electron chi connectivity index (χ4n) is 1.64. The first-order valence-corrected chi connectivity index (χ1v) is 6.95. The van der Waals surface area contributed by atoms with Gasteiger partial charge in [0, 0.05) is 10.6 Å². The van der Waals surface area contributed by atoms with E-state index >= 15 is 0 Å². The van der Waals surface area contributed by atoms with E-state index in [1.807, 2.05) is 6.92 Å². The van der Waals surface area contributed by atoms with Crippen molar-refractivity contribution in [2.75, 3.05) is 10.7 Å². The molecule has 4 N–H and O–H groups in total. The Morgan fingerprint density at radius 2 is 1.86 bits per heavy atom. The van der Waals surface area contributed by atoms with E-state index in [0.29, 0.717) is 15.7 Å². The minimum atomic E-state index is -0.405. The van der Waals surface area contributed by atoms with E-state index in [2.05, 4.69) is 15.7 Å². The lowest BCUT2D eigenvalue weighted by atomic mass is 10.2. The lowest BCUT2D eigenvalue weighted by Gasteiger charge is -2.10. The summed E-state index contributed by atoms with van der Waals surface area (Å²) in [4.78, 5) is 16.1. The maximum atomic E-state index is 12.2. The molecule has 1 aromatic carbocycles. The summed E-state index contributed by atoms with van der Waals surface area (Å²) < 4.78 is 0. The number of halogens is 3. The number of carbonyl (C=O) groups excluding carboxylic acids is 1. The number of aryl methyl sites for hydroxylation is 1. The molecule has 0 aliphatic carbocycles. The highest BCUT2D eigenvalue weighted by Gasteiger charge is 2.12. The minimum absolute atomic E-state index is 0.142. The molecule has 0 spiro atoms. The van der Waals surface area contributed by atoms with Gasteiger partial charge in [-0.3, -0.25) is 4.79 Å². The molecule has 5 nitrogen and oxygen atoms in total.